The molecular weight excluding hydrogens is 342 g/mol. The SMILES string of the molecule is COc1ccc(N2C(=O)C(=CC(C)=Cc3ccco3)SC2=S)cc1. The van der Waals surface area contributed by atoms with Crippen molar-refractivity contribution >= 4 is 46.0 Å². The second kappa shape index (κ2) is 7.07. The van der Waals surface area contributed by atoms with E-state index in [1.54, 1.807) is 25.5 Å². The topological polar surface area (TPSA) is 42.7 Å². The number of amides is 1. The van der Waals surface area contributed by atoms with Gasteiger partial charge in [0.15, 0.2) is 4.32 Å². The first kappa shape index (κ1) is 16.5. The second-order valence-corrected chi connectivity index (χ2v) is 6.79. The number of thioether (sulfide) groups is 1. The zero-order chi connectivity index (χ0) is 17.1. The second-order valence-electron chi connectivity index (χ2n) is 5.12. The normalized spacial score (nSPS) is 17.0. The maximum absolute atomic E-state index is 12.7. The summed E-state index contributed by atoms with van der Waals surface area (Å²) in [4.78, 5) is 14.8. The highest BCUT2D eigenvalue weighted by molar-refractivity contribution is 8.27. The van der Waals surface area contributed by atoms with E-state index < -0.39 is 0 Å². The van der Waals surface area contributed by atoms with Gasteiger partial charge in [0.05, 0.1) is 24.0 Å². The summed E-state index contributed by atoms with van der Waals surface area (Å²) < 4.78 is 10.9. The molecule has 1 aromatic heterocycles. The van der Waals surface area contributed by atoms with E-state index in [2.05, 4.69) is 0 Å². The summed E-state index contributed by atoms with van der Waals surface area (Å²) in [6, 6.07) is 10.9. The van der Waals surface area contributed by atoms with Gasteiger partial charge < -0.3 is 9.15 Å². The molecular formula is C18H15NO3S2. The van der Waals surface area contributed by atoms with Gasteiger partial charge in [-0.3, -0.25) is 9.69 Å². The maximum Gasteiger partial charge on any atom is 0.270 e. The highest BCUT2D eigenvalue weighted by Crippen LogP contribution is 2.36. The van der Waals surface area contributed by atoms with Gasteiger partial charge in [0.2, 0.25) is 0 Å². The molecule has 3 rings (SSSR count). The molecule has 1 aromatic carbocycles. The average molecular weight is 357 g/mol. The first-order valence-electron chi connectivity index (χ1n) is 7.22. The van der Waals surface area contributed by atoms with E-state index in [1.807, 2.05) is 43.3 Å². The van der Waals surface area contributed by atoms with Crippen LogP contribution in [0.2, 0.25) is 0 Å². The molecule has 0 unspecified atom stereocenters. The minimum absolute atomic E-state index is 0.123. The standard InChI is InChI=1S/C18H15NO3S2/c1-12(10-15-4-3-9-22-15)11-16-17(20)19(18(23)24-16)13-5-7-14(21-2)8-6-13/h3-11H,1-2H3. The van der Waals surface area contributed by atoms with Crippen LogP contribution in [-0.4, -0.2) is 17.3 Å². The Morgan fingerprint density at radius 3 is 2.67 bits per heavy atom. The predicted molar refractivity (Wildman–Crippen MR) is 101 cm³/mol. The van der Waals surface area contributed by atoms with Crippen molar-refractivity contribution in [1.29, 1.82) is 0 Å². The number of rotatable bonds is 4. The minimum Gasteiger partial charge on any atom is -0.497 e. The summed E-state index contributed by atoms with van der Waals surface area (Å²) in [5.74, 6) is 1.36. The summed E-state index contributed by atoms with van der Waals surface area (Å²) in [7, 11) is 1.60. The summed E-state index contributed by atoms with van der Waals surface area (Å²) in [6.45, 7) is 1.92. The molecule has 1 aliphatic heterocycles. The van der Waals surface area contributed by atoms with E-state index in [1.165, 1.54) is 16.7 Å². The molecule has 1 fully saturated rings. The molecule has 122 valence electrons. The molecule has 4 nitrogen and oxygen atoms in total. The van der Waals surface area contributed by atoms with Crippen molar-refractivity contribution in [3.05, 3.63) is 65.0 Å². The predicted octanol–water partition coefficient (Wildman–Crippen LogP) is 4.64. The first-order chi connectivity index (χ1) is 11.6. The molecule has 0 atom stereocenters. The first-order valence-corrected chi connectivity index (χ1v) is 8.45. The fourth-order valence-electron chi connectivity index (χ4n) is 2.27. The number of thiocarbonyl (C=S) groups is 1. The number of methoxy groups -OCH3 is 1. The van der Waals surface area contributed by atoms with Gasteiger partial charge in [0, 0.05) is 0 Å². The number of allylic oxidation sites excluding steroid dienone is 2. The van der Waals surface area contributed by atoms with Gasteiger partial charge in [-0.15, -0.1) is 0 Å². The molecule has 0 radical (unpaired) electrons. The van der Waals surface area contributed by atoms with E-state index in [9.17, 15) is 4.79 Å². The van der Waals surface area contributed by atoms with Gasteiger partial charge in [-0.2, -0.15) is 0 Å². The van der Waals surface area contributed by atoms with Gasteiger partial charge in [-0.1, -0.05) is 24.0 Å². The van der Waals surface area contributed by atoms with Crippen LogP contribution in [0.5, 0.6) is 5.75 Å². The zero-order valence-corrected chi connectivity index (χ0v) is 14.8. The largest absolute Gasteiger partial charge is 0.497 e. The summed E-state index contributed by atoms with van der Waals surface area (Å²) >= 11 is 6.66. The van der Waals surface area contributed by atoms with Crippen molar-refractivity contribution < 1.29 is 13.9 Å². The molecule has 0 saturated carbocycles. The molecule has 1 amide bonds. The Kier molecular flexibility index (Phi) is 4.87. The van der Waals surface area contributed by atoms with Gasteiger partial charge in [0.25, 0.3) is 5.91 Å². The Balaban J connectivity index is 1.84. The number of carbonyl (C=O) groups excluding carboxylic acids is 1. The molecule has 0 bridgehead atoms. The Morgan fingerprint density at radius 1 is 1.29 bits per heavy atom. The monoisotopic (exact) mass is 357 g/mol. The smallest absolute Gasteiger partial charge is 0.270 e. The molecule has 0 aliphatic carbocycles. The summed E-state index contributed by atoms with van der Waals surface area (Å²) in [5.41, 5.74) is 1.65. The lowest BCUT2D eigenvalue weighted by Crippen LogP contribution is -2.27. The minimum atomic E-state index is -0.123. The number of hydrogen-bond acceptors (Lipinski definition) is 5. The van der Waals surface area contributed by atoms with Gasteiger partial charge >= 0.3 is 0 Å². The molecule has 1 saturated heterocycles. The van der Waals surface area contributed by atoms with E-state index >= 15 is 0 Å². The van der Waals surface area contributed by atoms with Crippen molar-refractivity contribution in [3.8, 4) is 5.75 Å². The maximum atomic E-state index is 12.7. The molecule has 2 aromatic rings. The lowest BCUT2D eigenvalue weighted by atomic mass is 10.2. The molecule has 0 N–H and O–H groups in total. The third-order valence-electron chi connectivity index (χ3n) is 3.40. The van der Waals surface area contributed by atoms with E-state index in [-0.39, 0.29) is 5.91 Å². The molecule has 2 heterocycles. The third-order valence-corrected chi connectivity index (χ3v) is 4.70. The molecule has 6 heteroatoms. The van der Waals surface area contributed by atoms with Crippen molar-refractivity contribution in [3.63, 3.8) is 0 Å². The lowest BCUT2D eigenvalue weighted by Gasteiger charge is -2.14. The number of anilines is 1. The van der Waals surface area contributed by atoms with Crippen LogP contribution in [0.4, 0.5) is 5.69 Å². The summed E-state index contributed by atoms with van der Waals surface area (Å²) in [5, 5.41) is 0. The van der Waals surface area contributed by atoms with E-state index in [0.29, 0.717) is 9.23 Å². The Bertz CT molecular complexity index is 820. The molecule has 24 heavy (non-hydrogen) atoms. The van der Waals surface area contributed by atoms with Crippen LogP contribution < -0.4 is 9.64 Å². The number of ether oxygens (including phenoxy) is 1. The van der Waals surface area contributed by atoms with Crippen molar-refractivity contribution in [2.45, 2.75) is 6.92 Å². The van der Waals surface area contributed by atoms with Crippen LogP contribution >= 0.6 is 24.0 Å². The van der Waals surface area contributed by atoms with Crippen LogP contribution in [0.25, 0.3) is 6.08 Å². The molecule has 0 spiro atoms. The van der Waals surface area contributed by atoms with E-state index in [4.69, 9.17) is 21.4 Å². The Hall–Kier alpha value is -2.31. The van der Waals surface area contributed by atoms with Crippen LogP contribution in [-0.2, 0) is 4.79 Å². The van der Waals surface area contributed by atoms with Crippen LogP contribution in [0.15, 0.2) is 63.6 Å². The van der Waals surface area contributed by atoms with Gasteiger partial charge in [-0.05, 0) is 61.0 Å². The van der Waals surface area contributed by atoms with Crippen molar-refractivity contribution in [2.24, 2.45) is 0 Å². The highest BCUT2D eigenvalue weighted by Gasteiger charge is 2.33. The Labute approximate surface area is 149 Å². The third kappa shape index (κ3) is 3.44. The molecule has 1 aliphatic rings. The number of benzene rings is 1. The van der Waals surface area contributed by atoms with Crippen LogP contribution in [0, 0.1) is 0 Å². The van der Waals surface area contributed by atoms with Crippen LogP contribution in [0.1, 0.15) is 12.7 Å². The van der Waals surface area contributed by atoms with Gasteiger partial charge in [-0.25, -0.2) is 0 Å². The van der Waals surface area contributed by atoms with E-state index in [0.717, 1.165) is 22.8 Å². The van der Waals surface area contributed by atoms with Crippen molar-refractivity contribution in [2.75, 3.05) is 12.0 Å². The number of nitrogens with zero attached hydrogens (tertiary/aromatic N) is 1. The number of hydrogen-bond donors (Lipinski definition) is 0. The lowest BCUT2D eigenvalue weighted by molar-refractivity contribution is -0.113. The quantitative estimate of drug-likeness (QED) is 0.589. The Morgan fingerprint density at radius 2 is 2.04 bits per heavy atom. The van der Waals surface area contributed by atoms with Gasteiger partial charge in [0.1, 0.15) is 11.5 Å². The van der Waals surface area contributed by atoms with Crippen molar-refractivity contribution in [1.82, 2.24) is 0 Å². The number of carbonyl (C=O) groups is 1. The zero-order valence-electron chi connectivity index (χ0n) is 13.2. The highest BCUT2D eigenvalue weighted by atomic mass is 32.2. The fourth-order valence-corrected chi connectivity index (χ4v) is 3.62. The van der Waals surface area contributed by atoms with Crippen LogP contribution in [0.3, 0.4) is 0 Å². The fraction of sp³-hybridized carbons (Fsp3) is 0.111. The average Bonchev–Trinajstić information content (AvgIpc) is 3.16. The summed E-state index contributed by atoms with van der Waals surface area (Å²) in [6.07, 6.45) is 5.31. The number of furan rings is 1.